The van der Waals surface area contributed by atoms with Gasteiger partial charge in [-0.3, -0.25) is 4.68 Å². The lowest BCUT2D eigenvalue weighted by Gasteiger charge is -2.08. The average Bonchev–Trinajstić information content (AvgIpc) is 3.00. The third-order valence-electron chi connectivity index (χ3n) is 4.05. The van der Waals surface area contributed by atoms with Gasteiger partial charge < -0.3 is 0 Å². The topological polar surface area (TPSA) is 64.0 Å². The summed E-state index contributed by atoms with van der Waals surface area (Å²) < 4.78 is 29.8. The van der Waals surface area contributed by atoms with Crippen molar-refractivity contribution in [2.24, 2.45) is 0 Å². The molecule has 9 heteroatoms. The molecule has 1 saturated carbocycles. The zero-order valence-electron chi connectivity index (χ0n) is 13.2. The number of halogens is 1. The third kappa shape index (κ3) is 3.83. The Hall–Kier alpha value is -1.19. The summed E-state index contributed by atoms with van der Waals surface area (Å²) in [5.74, 6) is 0.549. The highest BCUT2D eigenvalue weighted by molar-refractivity contribution is 7.91. The van der Waals surface area contributed by atoms with E-state index in [9.17, 15) is 8.42 Å². The first-order chi connectivity index (χ1) is 12.0. The summed E-state index contributed by atoms with van der Waals surface area (Å²) in [5, 5.41) is 8.79. The first kappa shape index (κ1) is 17.2. The van der Waals surface area contributed by atoms with Crippen LogP contribution < -0.4 is 4.72 Å². The molecule has 3 aromatic rings. The van der Waals surface area contributed by atoms with Gasteiger partial charge in [0.2, 0.25) is 10.0 Å². The van der Waals surface area contributed by atoms with Crippen molar-refractivity contribution >= 4 is 44.3 Å². The van der Waals surface area contributed by atoms with Crippen molar-refractivity contribution in [1.29, 1.82) is 0 Å². The summed E-state index contributed by atoms with van der Waals surface area (Å²) in [6, 6.07) is 7.30. The zero-order chi connectivity index (χ0) is 17.4. The highest BCUT2D eigenvalue weighted by Gasteiger charge is 2.28. The fourth-order valence-corrected chi connectivity index (χ4v) is 5.87. The van der Waals surface area contributed by atoms with Gasteiger partial charge in [-0.1, -0.05) is 11.6 Å². The molecule has 0 radical (unpaired) electrons. The molecule has 0 aliphatic heterocycles. The molecule has 3 aromatic heterocycles. The van der Waals surface area contributed by atoms with Crippen LogP contribution in [0.5, 0.6) is 0 Å². The molecule has 1 aliphatic carbocycles. The van der Waals surface area contributed by atoms with E-state index >= 15 is 0 Å². The molecule has 0 unspecified atom stereocenters. The van der Waals surface area contributed by atoms with Gasteiger partial charge >= 0.3 is 0 Å². The lowest BCUT2D eigenvalue weighted by Crippen LogP contribution is -2.27. The second kappa shape index (κ2) is 6.85. The van der Waals surface area contributed by atoms with Crippen LogP contribution in [-0.4, -0.2) is 24.7 Å². The molecule has 3 heterocycles. The summed E-state index contributed by atoms with van der Waals surface area (Å²) in [5.41, 5.74) is 3.26. The second-order valence-electron chi connectivity index (χ2n) is 5.92. The first-order valence-corrected chi connectivity index (χ1v) is 11.5. The molecule has 1 N–H and O–H groups in total. The van der Waals surface area contributed by atoms with Crippen molar-refractivity contribution in [3.63, 3.8) is 0 Å². The van der Waals surface area contributed by atoms with Crippen LogP contribution in [0.1, 0.15) is 24.5 Å². The van der Waals surface area contributed by atoms with E-state index in [4.69, 9.17) is 11.6 Å². The van der Waals surface area contributed by atoms with Crippen LogP contribution in [0.15, 0.2) is 39.2 Å². The van der Waals surface area contributed by atoms with Gasteiger partial charge in [0.15, 0.2) is 0 Å². The number of rotatable bonds is 7. The number of thiophene rings is 2. The van der Waals surface area contributed by atoms with Crippen molar-refractivity contribution in [3.8, 4) is 11.3 Å². The van der Waals surface area contributed by atoms with Crippen LogP contribution in [0.3, 0.4) is 0 Å². The van der Waals surface area contributed by atoms with Crippen LogP contribution in [0, 0.1) is 0 Å². The zero-order valence-corrected chi connectivity index (χ0v) is 16.4. The molecular formula is C16H16ClN3O2S3. The molecule has 5 nitrogen and oxygen atoms in total. The van der Waals surface area contributed by atoms with E-state index in [0.717, 1.165) is 22.6 Å². The number of nitrogens with one attached hydrogen (secondary N) is 1. The number of hydrogen-bond acceptors (Lipinski definition) is 5. The molecule has 0 atom stereocenters. The molecular weight excluding hydrogens is 398 g/mol. The maximum absolute atomic E-state index is 12.3. The molecule has 0 aromatic carbocycles. The van der Waals surface area contributed by atoms with Crippen molar-refractivity contribution in [2.75, 3.05) is 6.54 Å². The van der Waals surface area contributed by atoms with E-state index in [0.29, 0.717) is 23.3 Å². The third-order valence-corrected chi connectivity index (χ3v) is 7.92. The normalized spacial score (nSPS) is 14.9. The van der Waals surface area contributed by atoms with Gasteiger partial charge in [0.25, 0.3) is 0 Å². The van der Waals surface area contributed by atoms with E-state index < -0.39 is 10.0 Å². The molecule has 0 spiro atoms. The highest BCUT2D eigenvalue weighted by Crippen LogP contribution is 2.41. The Balaban J connectivity index is 1.47. The number of nitrogens with zero attached hydrogens (tertiary/aromatic N) is 2. The lowest BCUT2D eigenvalue weighted by molar-refractivity contribution is 0.553. The number of sulfonamides is 1. The van der Waals surface area contributed by atoms with Crippen LogP contribution in [0.4, 0.5) is 0 Å². The Morgan fingerprint density at radius 3 is 2.80 bits per heavy atom. The quantitative estimate of drug-likeness (QED) is 0.631. The average molecular weight is 414 g/mol. The smallest absolute Gasteiger partial charge is 0.250 e. The van der Waals surface area contributed by atoms with Gasteiger partial charge in [-0.15, -0.1) is 11.3 Å². The summed E-state index contributed by atoms with van der Waals surface area (Å²) >= 11 is 8.52. The van der Waals surface area contributed by atoms with Crippen molar-refractivity contribution < 1.29 is 8.42 Å². The molecule has 0 amide bonds. The van der Waals surface area contributed by atoms with E-state index in [1.165, 1.54) is 24.6 Å². The van der Waals surface area contributed by atoms with Crippen molar-refractivity contribution in [1.82, 2.24) is 14.5 Å². The molecule has 0 saturated heterocycles. The Labute approximate surface area is 159 Å². The minimum Gasteiger partial charge on any atom is -0.267 e. The Morgan fingerprint density at radius 2 is 2.16 bits per heavy atom. The van der Waals surface area contributed by atoms with Crippen molar-refractivity contribution in [3.05, 3.63) is 45.1 Å². The van der Waals surface area contributed by atoms with Gasteiger partial charge in [-0.2, -0.15) is 16.4 Å². The van der Waals surface area contributed by atoms with Crippen molar-refractivity contribution in [2.45, 2.75) is 29.5 Å². The van der Waals surface area contributed by atoms with Crippen LogP contribution in [-0.2, 0) is 16.6 Å². The Bertz CT molecular complexity index is 972. The van der Waals surface area contributed by atoms with E-state index in [2.05, 4.69) is 27.3 Å². The van der Waals surface area contributed by atoms with Gasteiger partial charge in [0.1, 0.15) is 4.21 Å². The molecule has 132 valence electrons. The van der Waals surface area contributed by atoms with Crippen LogP contribution >= 0.6 is 34.3 Å². The number of aromatic nitrogens is 2. The summed E-state index contributed by atoms with van der Waals surface area (Å²) in [6.07, 6.45) is 2.35. The SMILES string of the molecule is O=S(=O)(NCCn1nc(-c2ccsc2)cc1C1CC1)c1ccc(Cl)s1. The number of hydrogen-bond donors (Lipinski definition) is 1. The summed E-state index contributed by atoms with van der Waals surface area (Å²) in [7, 11) is -3.52. The maximum Gasteiger partial charge on any atom is 0.250 e. The van der Waals surface area contributed by atoms with Gasteiger partial charge in [0, 0.05) is 29.1 Å². The Kier molecular flexibility index (Phi) is 4.72. The standard InChI is InChI=1S/C16H16ClN3O2S3/c17-15-3-4-16(24-15)25(21,22)18-6-7-20-14(11-1-2-11)9-13(19-20)12-5-8-23-10-12/h3-5,8-11,18H,1-2,6-7H2. The monoisotopic (exact) mass is 413 g/mol. The predicted octanol–water partition coefficient (Wildman–Crippen LogP) is 4.18. The van der Waals surface area contributed by atoms with E-state index in [-0.39, 0.29) is 4.21 Å². The fourth-order valence-electron chi connectivity index (χ4n) is 2.67. The summed E-state index contributed by atoms with van der Waals surface area (Å²) in [6.45, 7) is 0.802. The molecule has 1 fully saturated rings. The maximum atomic E-state index is 12.3. The Morgan fingerprint density at radius 1 is 1.32 bits per heavy atom. The van der Waals surface area contributed by atoms with E-state index in [1.54, 1.807) is 17.4 Å². The van der Waals surface area contributed by atoms with Crippen LogP contribution in [0.2, 0.25) is 4.34 Å². The largest absolute Gasteiger partial charge is 0.267 e. The lowest BCUT2D eigenvalue weighted by atomic mass is 10.2. The van der Waals surface area contributed by atoms with Gasteiger partial charge in [-0.25, -0.2) is 13.1 Å². The molecule has 25 heavy (non-hydrogen) atoms. The first-order valence-electron chi connectivity index (χ1n) is 7.88. The van der Waals surface area contributed by atoms with Crippen LogP contribution in [0.25, 0.3) is 11.3 Å². The van der Waals surface area contributed by atoms with E-state index in [1.807, 2.05) is 10.1 Å². The second-order valence-corrected chi connectivity index (χ2v) is 10.4. The minimum absolute atomic E-state index is 0.236. The van der Waals surface area contributed by atoms with Gasteiger partial charge in [0.05, 0.1) is 16.6 Å². The molecule has 0 bridgehead atoms. The summed E-state index contributed by atoms with van der Waals surface area (Å²) in [4.78, 5) is 0. The van der Waals surface area contributed by atoms with Gasteiger partial charge in [-0.05, 0) is 42.5 Å². The molecule has 1 aliphatic rings. The highest BCUT2D eigenvalue weighted by atomic mass is 35.5. The predicted molar refractivity (Wildman–Crippen MR) is 102 cm³/mol. The fraction of sp³-hybridized carbons (Fsp3) is 0.312. The molecule has 4 rings (SSSR count). The minimum atomic E-state index is -3.52.